The average Bonchev–Trinajstić information content (AvgIpc) is 3.21. The fourth-order valence-corrected chi connectivity index (χ4v) is 3.15. The number of amides is 1. The minimum Gasteiger partial charge on any atom is -0.497 e. The van der Waals surface area contributed by atoms with Crippen LogP contribution in [-0.4, -0.2) is 31.3 Å². The highest BCUT2D eigenvalue weighted by molar-refractivity contribution is 9.10. The molecule has 3 rings (SSSR count). The predicted octanol–water partition coefficient (Wildman–Crippen LogP) is 4.40. The molecule has 0 saturated carbocycles. The topological polar surface area (TPSA) is 116 Å². The van der Waals surface area contributed by atoms with E-state index in [1.807, 2.05) is 0 Å². The van der Waals surface area contributed by atoms with E-state index in [9.17, 15) is 14.9 Å². The molecule has 1 amide bonds. The highest BCUT2D eigenvalue weighted by Crippen LogP contribution is 2.32. The number of hydrogen-bond donors (Lipinski definition) is 1. The maximum atomic E-state index is 12.3. The number of rotatable bonds is 7. The Bertz CT molecular complexity index is 1130. The number of hydrazone groups is 1. The molecule has 0 saturated heterocycles. The van der Waals surface area contributed by atoms with E-state index in [0.29, 0.717) is 38.6 Å². The Labute approximate surface area is 179 Å². The number of methoxy groups -OCH3 is 2. The van der Waals surface area contributed by atoms with E-state index in [0.717, 1.165) is 0 Å². The molecule has 0 bridgehead atoms. The largest absolute Gasteiger partial charge is 0.497 e. The minimum absolute atomic E-state index is 0.0318. The van der Waals surface area contributed by atoms with Gasteiger partial charge in [-0.2, -0.15) is 5.10 Å². The summed E-state index contributed by atoms with van der Waals surface area (Å²) in [5.74, 6) is 1.33. The molecule has 0 aliphatic carbocycles. The molecule has 10 heteroatoms. The average molecular weight is 474 g/mol. The van der Waals surface area contributed by atoms with Crippen molar-refractivity contribution in [3.8, 4) is 22.8 Å². The Morgan fingerprint density at radius 1 is 1.17 bits per heavy atom. The van der Waals surface area contributed by atoms with Gasteiger partial charge >= 0.3 is 0 Å². The van der Waals surface area contributed by atoms with Gasteiger partial charge in [0.15, 0.2) is 0 Å². The molecule has 9 nitrogen and oxygen atoms in total. The number of halogens is 1. The zero-order valence-electron chi connectivity index (χ0n) is 15.9. The van der Waals surface area contributed by atoms with Crippen LogP contribution in [0.4, 0.5) is 5.69 Å². The predicted molar refractivity (Wildman–Crippen MR) is 113 cm³/mol. The van der Waals surface area contributed by atoms with Gasteiger partial charge < -0.3 is 13.9 Å². The normalized spacial score (nSPS) is 10.8. The number of furan rings is 1. The van der Waals surface area contributed by atoms with E-state index < -0.39 is 10.8 Å². The van der Waals surface area contributed by atoms with Gasteiger partial charge in [-0.3, -0.25) is 14.9 Å². The summed E-state index contributed by atoms with van der Waals surface area (Å²) in [4.78, 5) is 22.7. The summed E-state index contributed by atoms with van der Waals surface area (Å²) < 4.78 is 16.5. The lowest BCUT2D eigenvalue weighted by Crippen LogP contribution is -2.18. The molecule has 3 aromatic rings. The Morgan fingerprint density at radius 2 is 1.97 bits per heavy atom. The number of ether oxygens (including phenoxy) is 2. The lowest BCUT2D eigenvalue weighted by molar-refractivity contribution is -0.384. The van der Waals surface area contributed by atoms with Gasteiger partial charge in [0.1, 0.15) is 23.0 Å². The fraction of sp³-hybridized carbons (Fsp3) is 0.100. The highest BCUT2D eigenvalue weighted by atomic mass is 79.9. The quantitative estimate of drug-likeness (QED) is 0.308. The minimum atomic E-state index is -0.477. The number of nitrogens with zero attached hydrogens (tertiary/aromatic N) is 2. The Morgan fingerprint density at radius 3 is 2.63 bits per heavy atom. The van der Waals surface area contributed by atoms with Gasteiger partial charge in [0.05, 0.1) is 30.9 Å². The van der Waals surface area contributed by atoms with Crippen molar-refractivity contribution in [2.45, 2.75) is 0 Å². The molecule has 0 fully saturated rings. The van der Waals surface area contributed by atoms with Crippen LogP contribution in [0.3, 0.4) is 0 Å². The molecular formula is C20H16BrN3O6. The maximum absolute atomic E-state index is 12.3. The van der Waals surface area contributed by atoms with Gasteiger partial charge in [0.2, 0.25) is 0 Å². The van der Waals surface area contributed by atoms with Crippen molar-refractivity contribution >= 4 is 33.7 Å². The van der Waals surface area contributed by atoms with Crippen molar-refractivity contribution in [3.05, 3.63) is 74.4 Å². The summed E-state index contributed by atoms with van der Waals surface area (Å²) in [6, 6.07) is 12.5. The molecule has 1 heterocycles. The summed E-state index contributed by atoms with van der Waals surface area (Å²) in [6.07, 6.45) is 1.34. The first-order chi connectivity index (χ1) is 14.4. The SMILES string of the molecule is COc1ccc(C(=O)NN=Cc2ccc(-c3ccc([N+](=O)[O-])cc3Br)o2)c(OC)c1. The van der Waals surface area contributed by atoms with Crippen molar-refractivity contribution in [1.82, 2.24) is 5.43 Å². The monoisotopic (exact) mass is 473 g/mol. The van der Waals surface area contributed by atoms with Crippen molar-refractivity contribution in [2.24, 2.45) is 5.10 Å². The van der Waals surface area contributed by atoms with E-state index in [4.69, 9.17) is 13.9 Å². The van der Waals surface area contributed by atoms with Crippen LogP contribution in [0.25, 0.3) is 11.3 Å². The molecule has 2 aromatic carbocycles. The van der Waals surface area contributed by atoms with Crippen LogP contribution in [0.2, 0.25) is 0 Å². The number of benzene rings is 2. The third-order valence-corrected chi connectivity index (χ3v) is 4.72. The third-order valence-electron chi connectivity index (χ3n) is 4.07. The molecule has 154 valence electrons. The van der Waals surface area contributed by atoms with Crippen LogP contribution in [0.1, 0.15) is 16.1 Å². The molecule has 30 heavy (non-hydrogen) atoms. The number of non-ortho nitro benzene ring substituents is 1. The molecule has 0 unspecified atom stereocenters. The van der Waals surface area contributed by atoms with Crippen LogP contribution in [-0.2, 0) is 0 Å². The van der Waals surface area contributed by atoms with Gasteiger partial charge in [-0.05, 0) is 46.3 Å². The van der Waals surface area contributed by atoms with Crippen molar-refractivity contribution in [2.75, 3.05) is 14.2 Å². The summed E-state index contributed by atoms with van der Waals surface area (Å²) in [5, 5.41) is 14.7. The molecule has 0 spiro atoms. The number of nitro benzene ring substituents is 1. The second-order valence-electron chi connectivity index (χ2n) is 5.89. The molecule has 0 radical (unpaired) electrons. The van der Waals surface area contributed by atoms with E-state index in [2.05, 4.69) is 26.5 Å². The standard InChI is InChI=1S/C20H16BrN3O6/c1-28-13-4-7-16(19(10-13)29-2)20(25)23-22-11-14-5-8-18(30-14)15-6-3-12(24(26)27)9-17(15)21/h3-11H,1-2H3,(H,23,25). The fourth-order valence-electron chi connectivity index (χ4n) is 2.59. The summed E-state index contributed by atoms with van der Waals surface area (Å²) >= 11 is 3.31. The molecule has 0 atom stereocenters. The van der Waals surface area contributed by atoms with E-state index in [-0.39, 0.29) is 5.69 Å². The summed E-state index contributed by atoms with van der Waals surface area (Å²) in [7, 11) is 2.97. The lowest BCUT2D eigenvalue weighted by Gasteiger charge is -2.08. The van der Waals surface area contributed by atoms with Gasteiger partial charge in [-0.1, -0.05) is 0 Å². The van der Waals surface area contributed by atoms with E-state index in [1.54, 1.807) is 36.4 Å². The number of hydrogen-bond acceptors (Lipinski definition) is 7. The first-order valence-electron chi connectivity index (χ1n) is 8.52. The van der Waals surface area contributed by atoms with E-state index in [1.165, 1.54) is 32.6 Å². The Balaban J connectivity index is 1.71. The molecule has 0 aliphatic rings. The number of carbonyl (C=O) groups is 1. The first-order valence-corrected chi connectivity index (χ1v) is 9.32. The zero-order valence-corrected chi connectivity index (χ0v) is 17.5. The first kappa shape index (κ1) is 21.1. The van der Waals surface area contributed by atoms with Crippen molar-refractivity contribution in [1.29, 1.82) is 0 Å². The zero-order chi connectivity index (χ0) is 21.7. The van der Waals surface area contributed by atoms with Crippen LogP contribution >= 0.6 is 15.9 Å². The van der Waals surface area contributed by atoms with Crippen LogP contribution < -0.4 is 14.9 Å². The van der Waals surface area contributed by atoms with Gasteiger partial charge in [-0.15, -0.1) is 0 Å². The smallest absolute Gasteiger partial charge is 0.275 e. The summed E-state index contributed by atoms with van der Waals surface area (Å²) in [5.41, 5.74) is 3.32. The van der Waals surface area contributed by atoms with Crippen LogP contribution in [0.15, 0.2) is 62.5 Å². The lowest BCUT2D eigenvalue weighted by atomic mass is 10.1. The van der Waals surface area contributed by atoms with Crippen LogP contribution in [0.5, 0.6) is 11.5 Å². The molecule has 0 aliphatic heterocycles. The van der Waals surface area contributed by atoms with Gasteiger partial charge in [0.25, 0.3) is 11.6 Å². The molecule has 1 N–H and O–H groups in total. The van der Waals surface area contributed by atoms with Gasteiger partial charge in [0, 0.05) is 28.2 Å². The molecular weight excluding hydrogens is 458 g/mol. The van der Waals surface area contributed by atoms with Crippen molar-refractivity contribution < 1.29 is 23.6 Å². The number of nitrogens with one attached hydrogen (secondary N) is 1. The summed E-state index contributed by atoms with van der Waals surface area (Å²) in [6.45, 7) is 0. The Hall–Kier alpha value is -3.66. The Kier molecular flexibility index (Phi) is 6.48. The number of nitro groups is 1. The van der Waals surface area contributed by atoms with Crippen molar-refractivity contribution in [3.63, 3.8) is 0 Å². The van der Waals surface area contributed by atoms with Crippen LogP contribution in [0, 0.1) is 10.1 Å². The second kappa shape index (κ2) is 9.23. The third kappa shape index (κ3) is 4.66. The second-order valence-corrected chi connectivity index (χ2v) is 6.74. The van der Waals surface area contributed by atoms with E-state index >= 15 is 0 Å². The maximum Gasteiger partial charge on any atom is 0.275 e. The molecule has 1 aromatic heterocycles. The highest BCUT2D eigenvalue weighted by Gasteiger charge is 2.14. The van der Waals surface area contributed by atoms with Gasteiger partial charge in [-0.25, -0.2) is 5.43 Å². The number of carbonyl (C=O) groups excluding carboxylic acids is 1.